The van der Waals surface area contributed by atoms with E-state index in [-0.39, 0.29) is 12.3 Å². The van der Waals surface area contributed by atoms with Crippen LogP contribution in [0.3, 0.4) is 0 Å². The summed E-state index contributed by atoms with van der Waals surface area (Å²) in [5, 5.41) is 11.5. The van der Waals surface area contributed by atoms with Crippen molar-refractivity contribution in [2.75, 3.05) is 19.5 Å². The minimum Gasteiger partial charge on any atom is -0.493 e. The number of rotatable bonds is 8. The van der Waals surface area contributed by atoms with Gasteiger partial charge in [-0.05, 0) is 35.4 Å². The summed E-state index contributed by atoms with van der Waals surface area (Å²) in [6, 6.07) is 13.5. The van der Waals surface area contributed by atoms with Crippen LogP contribution in [0.5, 0.6) is 11.5 Å². The lowest BCUT2D eigenvalue weighted by Gasteiger charge is -2.09. The van der Waals surface area contributed by atoms with Gasteiger partial charge in [0.15, 0.2) is 15.8 Å². The summed E-state index contributed by atoms with van der Waals surface area (Å²) < 4.78 is 12.3. The third-order valence-corrected chi connectivity index (χ3v) is 6.31. The number of nitrogens with one attached hydrogen (secondary N) is 1. The van der Waals surface area contributed by atoms with Gasteiger partial charge in [-0.2, -0.15) is 0 Å². The van der Waals surface area contributed by atoms with Crippen LogP contribution in [0.2, 0.25) is 0 Å². The molecule has 1 heterocycles. The molecule has 1 N–H and O–H groups in total. The fourth-order valence-electron chi connectivity index (χ4n) is 2.38. The average Bonchev–Trinajstić information content (AvgIpc) is 3.14. The Morgan fingerprint density at radius 2 is 1.79 bits per heavy atom. The Hall–Kier alpha value is -2.10. The van der Waals surface area contributed by atoms with Crippen LogP contribution >= 0.6 is 39.0 Å². The predicted molar refractivity (Wildman–Crippen MR) is 115 cm³/mol. The maximum absolute atomic E-state index is 12.3. The maximum atomic E-state index is 12.3. The summed E-state index contributed by atoms with van der Waals surface area (Å²) in [6.07, 6.45) is 0.210. The van der Waals surface area contributed by atoms with Crippen molar-refractivity contribution < 1.29 is 14.3 Å². The fourth-order valence-corrected chi connectivity index (χ4v) is 4.37. The molecule has 2 aromatic carbocycles. The molecule has 9 heteroatoms. The molecule has 6 nitrogen and oxygen atoms in total. The topological polar surface area (TPSA) is 73.3 Å². The molecule has 0 aliphatic rings. The number of hydrogen-bond donors (Lipinski definition) is 1. The summed E-state index contributed by atoms with van der Waals surface area (Å²) in [5.41, 5.74) is 2.02. The van der Waals surface area contributed by atoms with E-state index in [1.165, 1.54) is 16.9 Å². The van der Waals surface area contributed by atoms with Crippen molar-refractivity contribution in [2.45, 2.75) is 16.5 Å². The quantitative estimate of drug-likeness (QED) is 0.369. The van der Waals surface area contributed by atoms with Crippen LogP contribution in [0, 0.1) is 0 Å². The number of ether oxygens (including phenoxy) is 2. The summed E-state index contributed by atoms with van der Waals surface area (Å²) >= 11 is 6.38. The van der Waals surface area contributed by atoms with Gasteiger partial charge in [-0.1, -0.05) is 57.2 Å². The van der Waals surface area contributed by atoms with E-state index in [1.807, 2.05) is 18.2 Å². The first kappa shape index (κ1) is 20.6. The molecular formula is C19H18BrN3O3S2. The number of anilines is 1. The maximum Gasteiger partial charge on any atom is 0.230 e. The Labute approximate surface area is 179 Å². The Balaban J connectivity index is 1.54. The summed E-state index contributed by atoms with van der Waals surface area (Å²) in [4.78, 5) is 12.3. The van der Waals surface area contributed by atoms with Crippen molar-refractivity contribution in [3.63, 3.8) is 0 Å². The molecule has 0 fully saturated rings. The fraction of sp³-hybridized carbons (Fsp3) is 0.211. The zero-order chi connectivity index (χ0) is 19.9. The van der Waals surface area contributed by atoms with Crippen molar-refractivity contribution in [3.8, 4) is 11.5 Å². The lowest BCUT2D eigenvalue weighted by molar-refractivity contribution is -0.115. The van der Waals surface area contributed by atoms with Gasteiger partial charge in [0.25, 0.3) is 0 Å². The zero-order valence-electron chi connectivity index (χ0n) is 15.3. The average molecular weight is 480 g/mol. The lowest BCUT2D eigenvalue weighted by atomic mass is 10.1. The van der Waals surface area contributed by atoms with Crippen LogP contribution in [-0.4, -0.2) is 30.3 Å². The Kier molecular flexibility index (Phi) is 7.30. The third kappa shape index (κ3) is 5.70. The second kappa shape index (κ2) is 9.90. The van der Waals surface area contributed by atoms with E-state index < -0.39 is 0 Å². The van der Waals surface area contributed by atoms with Gasteiger partial charge < -0.3 is 14.8 Å². The highest BCUT2D eigenvalue weighted by Gasteiger charge is 2.11. The van der Waals surface area contributed by atoms with E-state index in [1.54, 1.807) is 38.1 Å². The van der Waals surface area contributed by atoms with Crippen molar-refractivity contribution in [1.82, 2.24) is 10.2 Å². The molecule has 0 bridgehead atoms. The van der Waals surface area contributed by atoms with Gasteiger partial charge in [0, 0.05) is 10.2 Å². The molecule has 0 aliphatic heterocycles. The molecule has 0 unspecified atom stereocenters. The molecule has 0 saturated carbocycles. The van der Waals surface area contributed by atoms with E-state index in [2.05, 4.69) is 43.6 Å². The number of carbonyl (C=O) groups excluding carboxylic acids is 1. The van der Waals surface area contributed by atoms with Gasteiger partial charge in [-0.25, -0.2) is 0 Å². The van der Waals surface area contributed by atoms with E-state index in [4.69, 9.17) is 9.47 Å². The van der Waals surface area contributed by atoms with Gasteiger partial charge in [0.1, 0.15) is 0 Å². The van der Waals surface area contributed by atoms with Crippen LogP contribution in [0.4, 0.5) is 5.13 Å². The lowest BCUT2D eigenvalue weighted by Crippen LogP contribution is -2.14. The minimum atomic E-state index is -0.159. The highest BCUT2D eigenvalue weighted by Crippen LogP contribution is 2.30. The normalized spacial score (nSPS) is 10.5. The first-order valence-corrected chi connectivity index (χ1v) is 10.9. The highest BCUT2D eigenvalue weighted by molar-refractivity contribution is 9.10. The monoisotopic (exact) mass is 479 g/mol. The summed E-state index contributed by atoms with van der Waals surface area (Å²) in [6.45, 7) is 0. The first-order chi connectivity index (χ1) is 13.6. The predicted octanol–water partition coefficient (Wildman–Crippen LogP) is 4.79. The molecule has 1 amide bonds. The molecule has 146 valence electrons. The van der Waals surface area contributed by atoms with E-state index >= 15 is 0 Å². The number of aromatic nitrogens is 2. The van der Waals surface area contributed by atoms with Crippen LogP contribution in [-0.2, 0) is 17.0 Å². The second-order valence-corrected chi connectivity index (χ2v) is 8.82. The van der Waals surface area contributed by atoms with Crippen molar-refractivity contribution in [3.05, 3.63) is 58.1 Å². The number of amides is 1. The largest absolute Gasteiger partial charge is 0.493 e. The smallest absolute Gasteiger partial charge is 0.230 e. The third-order valence-electron chi connectivity index (χ3n) is 3.74. The molecule has 0 aliphatic carbocycles. The molecule has 3 rings (SSSR count). The second-order valence-electron chi connectivity index (χ2n) is 5.70. The number of hydrogen-bond acceptors (Lipinski definition) is 7. The van der Waals surface area contributed by atoms with E-state index in [9.17, 15) is 4.79 Å². The molecule has 3 aromatic rings. The van der Waals surface area contributed by atoms with Gasteiger partial charge in [0.05, 0.1) is 20.6 Å². The number of methoxy groups -OCH3 is 2. The van der Waals surface area contributed by atoms with Gasteiger partial charge in [-0.15, -0.1) is 10.2 Å². The van der Waals surface area contributed by atoms with Crippen LogP contribution < -0.4 is 14.8 Å². The van der Waals surface area contributed by atoms with Crippen molar-refractivity contribution >= 4 is 50.1 Å². The van der Waals surface area contributed by atoms with Crippen molar-refractivity contribution in [2.24, 2.45) is 0 Å². The van der Waals surface area contributed by atoms with Crippen LogP contribution in [0.25, 0.3) is 0 Å². The standard InChI is InChI=1S/C19H18BrN3O3S2/c1-25-15-8-5-13(9-16(15)26-2)10-17(24)21-18-22-23-19(28-18)27-11-12-3-6-14(20)7-4-12/h3-9H,10-11H2,1-2H3,(H,21,22,24). The zero-order valence-corrected chi connectivity index (χ0v) is 18.5. The van der Waals surface area contributed by atoms with Crippen molar-refractivity contribution in [1.29, 1.82) is 0 Å². The van der Waals surface area contributed by atoms with E-state index in [0.29, 0.717) is 16.6 Å². The molecule has 0 spiro atoms. The molecule has 0 saturated heterocycles. The summed E-state index contributed by atoms with van der Waals surface area (Å²) in [7, 11) is 3.14. The Morgan fingerprint density at radius 3 is 2.50 bits per heavy atom. The van der Waals surface area contributed by atoms with Gasteiger partial charge >= 0.3 is 0 Å². The van der Waals surface area contributed by atoms with Gasteiger partial charge in [-0.3, -0.25) is 4.79 Å². The molecular weight excluding hydrogens is 462 g/mol. The molecule has 0 radical (unpaired) electrons. The van der Waals surface area contributed by atoms with Gasteiger partial charge in [0.2, 0.25) is 11.0 Å². The SMILES string of the molecule is COc1ccc(CC(=O)Nc2nnc(SCc3ccc(Br)cc3)s2)cc1OC. The first-order valence-electron chi connectivity index (χ1n) is 8.29. The molecule has 1 aromatic heterocycles. The number of carbonyl (C=O) groups is 1. The number of benzene rings is 2. The number of thioether (sulfide) groups is 1. The van der Waals surface area contributed by atoms with E-state index in [0.717, 1.165) is 20.1 Å². The molecule has 28 heavy (non-hydrogen) atoms. The van der Waals surface area contributed by atoms with Crippen LogP contribution in [0.1, 0.15) is 11.1 Å². The van der Waals surface area contributed by atoms with Crippen LogP contribution in [0.15, 0.2) is 51.3 Å². The number of nitrogens with zero attached hydrogens (tertiary/aromatic N) is 2. The summed E-state index contributed by atoms with van der Waals surface area (Å²) in [5.74, 6) is 1.85. The Morgan fingerprint density at radius 1 is 1.07 bits per heavy atom. The minimum absolute atomic E-state index is 0.159. The highest BCUT2D eigenvalue weighted by atomic mass is 79.9. The number of halogens is 1. The molecule has 0 atom stereocenters. The Bertz CT molecular complexity index is 948.